The van der Waals surface area contributed by atoms with Crippen LogP contribution in [0.15, 0.2) is 45.8 Å². The zero-order valence-corrected chi connectivity index (χ0v) is 11.5. The molecule has 1 heterocycles. The molecule has 3 aromatic rings. The minimum atomic E-state index is -1.08. The van der Waals surface area contributed by atoms with Crippen molar-refractivity contribution in [1.29, 1.82) is 0 Å². The average molecular weight is 302 g/mol. The molecule has 2 aromatic carbocycles. The smallest absolute Gasteiger partial charge is 0.339 e. The summed E-state index contributed by atoms with van der Waals surface area (Å²) >= 11 is 4.17. The standard InChI is InChI=1S/C14H10N2O4S/c15-13(17)9-6-7(21)4-5-10(9)16-11-3-1-2-8(14(18)19)12(11)20-16/h1-6,21H,(H2,15,17)(H,18,19). The van der Waals surface area contributed by atoms with Gasteiger partial charge < -0.3 is 15.4 Å². The van der Waals surface area contributed by atoms with Crippen LogP contribution >= 0.6 is 12.6 Å². The molecule has 0 spiro atoms. The van der Waals surface area contributed by atoms with E-state index in [4.69, 9.17) is 15.4 Å². The summed E-state index contributed by atoms with van der Waals surface area (Å²) in [5, 5.41) is 9.08. The van der Waals surface area contributed by atoms with Crippen molar-refractivity contribution < 1.29 is 19.2 Å². The van der Waals surface area contributed by atoms with Gasteiger partial charge in [-0.05, 0) is 30.3 Å². The molecule has 0 saturated heterocycles. The van der Waals surface area contributed by atoms with E-state index < -0.39 is 11.9 Å². The normalized spacial score (nSPS) is 10.9. The van der Waals surface area contributed by atoms with Crippen LogP contribution in [-0.4, -0.2) is 21.7 Å². The Kier molecular flexibility index (Phi) is 2.99. The third-order valence-corrected chi connectivity index (χ3v) is 3.37. The Morgan fingerprint density at radius 1 is 1.19 bits per heavy atom. The maximum Gasteiger partial charge on any atom is 0.339 e. The fourth-order valence-corrected chi connectivity index (χ4v) is 2.33. The number of carboxylic acid groups (broad SMARTS) is 1. The second-order valence-corrected chi connectivity index (χ2v) is 4.93. The van der Waals surface area contributed by atoms with Crippen molar-refractivity contribution in [2.24, 2.45) is 5.73 Å². The van der Waals surface area contributed by atoms with E-state index in [-0.39, 0.29) is 16.7 Å². The lowest BCUT2D eigenvalue weighted by Gasteiger charge is -2.17. The molecule has 0 aliphatic rings. The second kappa shape index (κ2) is 4.71. The van der Waals surface area contributed by atoms with Crippen LogP contribution in [0.2, 0.25) is 0 Å². The third-order valence-electron chi connectivity index (χ3n) is 3.09. The summed E-state index contributed by atoms with van der Waals surface area (Å²) in [6.45, 7) is 0. The molecule has 6 nitrogen and oxygen atoms in total. The van der Waals surface area contributed by atoms with Gasteiger partial charge in [-0.25, -0.2) is 4.79 Å². The number of para-hydroxylation sites is 1. The summed E-state index contributed by atoms with van der Waals surface area (Å²) in [7, 11) is 0. The Labute approximate surface area is 124 Å². The molecule has 0 radical (unpaired) electrons. The van der Waals surface area contributed by atoms with E-state index in [1.807, 2.05) is 0 Å². The Hall–Kier alpha value is -2.67. The highest BCUT2D eigenvalue weighted by Gasteiger charge is 2.21. The molecule has 0 aliphatic carbocycles. The number of amides is 1. The van der Waals surface area contributed by atoms with E-state index in [2.05, 4.69) is 12.6 Å². The molecule has 0 aliphatic heterocycles. The van der Waals surface area contributed by atoms with Gasteiger partial charge >= 0.3 is 5.97 Å². The molecule has 106 valence electrons. The number of aromatic nitrogens is 1. The highest BCUT2D eigenvalue weighted by molar-refractivity contribution is 7.80. The number of nitrogens with zero attached hydrogens (tertiary/aromatic N) is 1. The van der Waals surface area contributed by atoms with E-state index in [9.17, 15) is 9.59 Å². The van der Waals surface area contributed by atoms with E-state index in [1.165, 1.54) is 16.9 Å². The number of thiol groups is 1. The predicted molar refractivity (Wildman–Crippen MR) is 78.3 cm³/mol. The Balaban J connectivity index is 2.21. The third kappa shape index (κ3) is 2.07. The first-order valence-corrected chi connectivity index (χ1v) is 6.41. The van der Waals surface area contributed by atoms with Crippen LogP contribution < -0.4 is 5.73 Å². The lowest BCUT2D eigenvalue weighted by atomic mass is 10.1. The van der Waals surface area contributed by atoms with Crippen molar-refractivity contribution >= 4 is 35.6 Å². The summed E-state index contributed by atoms with van der Waals surface area (Å²) < 4.78 is 6.78. The number of fused-ring (bicyclic) bond motifs is 1. The van der Waals surface area contributed by atoms with Crippen molar-refractivity contribution in [1.82, 2.24) is 4.74 Å². The molecule has 1 amide bonds. The van der Waals surface area contributed by atoms with E-state index in [0.29, 0.717) is 16.1 Å². The molecule has 21 heavy (non-hydrogen) atoms. The SMILES string of the molecule is NC(=O)c1cc(S)ccc1-n1oc2c(C(=O)O)cccc21. The number of primary amides is 1. The number of carboxylic acids is 1. The summed E-state index contributed by atoms with van der Waals surface area (Å²) in [6.07, 6.45) is 0. The summed E-state index contributed by atoms with van der Waals surface area (Å²) in [4.78, 5) is 23.2. The van der Waals surface area contributed by atoms with E-state index >= 15 is 0 Å². The van der Waals surface area contributed by atoms with E-state index in [1.54, 1.807) is 24.3 Å². The van der Waals surface area contributed by atoms with Gasteiger partial charge in [0.2, 0.25) is 0 Å². The minimum Gasteiger partial charge on any atom is -0.478 e. The number of carbonyl (C=O) groups excluding carboxylic acids is 1. The zero-order valence-electron chi connectivity index (χ0n) is 10.6. The van der Waals surface area contributed by atoms with Gasteiger partial charge in [-0.15, -0.1) is 12.6 Å². The van der Waals surface area contributed by atoms with Gasteiger partial charge in [0.15, 0.2) is 5.58 Å². The molecule has 7 heteroatoms. The van der Waals surface area contributed by atoms with Gasteiger partial charge in [0.25, 0.3) is 5.91 Å². The molecule has 0 bridgehead atoms. The van der Waals surface area contributed by atoms with Gasteiger partial charge in [0.1, 0.15) is 11.1 Å². The minimum absolute atomic E-state index is 0.0650. The number of carbonyl (C=O) groups is 2. The maximum absolute atomic E-state index is 11.5. The van der Waals surface area contributed by atoms with Crippen LogP contribution in [0.1, 0.15) is 20.7 Å². The largest absolute Gasteiger partial charge is 0.478 e. The first-order chi connectivity index (χ1) is 9.99. The molecule has 0 fully saturated rings. The number of nitrogens with two attached hydrogens (primary N) is 1. The highest BCUT2D eigenvalue weighted by Crippen LogP contribution is 2.29. The van der Waals surface area contributed by atoms with Crippen molar-refractivity contribution in [2.75, 3.05) is 0 Å². The zero-order chi connectivity index (χ0) is 15.1. The molecule has 1 aromatic heterocycles. The summed E-state index contributed by atoms with van der Waals surface area (Å²) in [6, 6.07) is 9.61. The number of benzene rings is 2. The molecule has 0 atom stereocenters. The fraction of sp³-hybridized carbons (Fsp3) is 0. The lowest BCUT2D eigenvalue weighted by Crippen LogP contribution is -2.16. The second-order valence-electron chi connectivity index (χ2n) is 4.41. The Morgan fingerprint density at radius 2 is 1.95 bits per heavy atom. The van der Waals surface area contributed by atoms with Crippen LogP contribution in [0.3, 0.4) is 0 Å². The molecule has 0 saturated carbocycles. The molecule has 3 rings (SSSR count). The molecule has 3 N–H and O–H groups in total. The summed E-state index contributed by atoms with van der Waals surface area (Å²) in [5.41, 5.74) is 6.92. The Morgan fingerprint density at radius 3 is 2.62 bits per heavy atom. The Bertz CT molecular complexity index is 878. The topological polar surface area (TPSA) is 98.5 Å². The first-order valence-electron chi connectivity index (χ1n) is 5.96. The highest BCUT2D eigenvalue weighted by atomic mass is 32.1. The molecular weight excluding hydrogens is 292 g/mol. The summed E-state index contributed by atoms with van der Waals surface area (Å²) in [5.74, 6) is -1.69. The number of aromatic carboxylic acids is 1. The van der Waals surface area contributed by atoms with Crippen molar-refractivity contribution in [2.45, 2.75) is 4.90 Å². The van der Waals surface area contributed by atoms with Crippen LogP contribution in [0.5, 0.6) is 0 Å². The van der Waals surface area contributed by atoms with Gasteiger partial charge in [0.05, 0.1) is 11.3 Å². The van der Waals surface area contributed by atoms with E-state index in [0.717, 1.165) is 0 Å². The number of hydrogen-bond acceptors (Lipinski definition) is 4. The quantitative estimate of drug-likeness (QED) is 0.646. The first kappa shape index (κ1) is 13.3. The monoisotopic (exact) mass is 302 g/mol. The predicted octanol–water partition coefficient (Wildman–Crippen LogP) is 2.31. The lowest BCUT2D eigenvalue weighted by molar-refractivity contribution is 0.0695. The fourth-order valence-electron chi connectivity index (χ4n) is 2.13. The van der Waals surface area contributed by atoms with Crippen LogP contribution in [-0.2, 0) is 0 Å². The van der Waals surface area contributed by atoms with Crippen molar-refractivity contribution in [3.63, 3.8) is 0 Å². The molecule has 0 unspecified atom stereocenters. The van der Waals surface area contributed by atoms with Gasteiger partial charge in [-0.3, -0.25) is 4.79 Å². The van der Waals surface area contributed by atoms with Crippen LogP contribution in [0.25, 0.3) is 16.8 Å². The van der Waals surface area contributed by atoms with Crippen LogP contribution in [0, 0.1) is 0 Å². The van der Waals surface area contributed by atoms with Gasteiger partial charge in [-0.1, -0.05) is 6.07 Å². The van der Waals surface area contributed by atoms with Gasteiger partial charge in [-0.2, -0.15) is 4.74 Å². The van der Waals surface area contributed by atoms with Crippen LogP contribution in [0.4, 0.5) is 0 Å². The number of rotatable bonds is 3. The van der Waals surface area contributed by atoms with Gasteiger partial charge in [0, 0.05) is 4.90 Å². The van der Waals surface area contributed by atoms with Crippen molar-refractivity contribution in [3.8, 4) is 5.69 Å². The van der Waals surface area contributed by atoms with Crippen molar-refractivity contribution in [3.05, 3.63) is 47.5 Å². The average Bonchev–Trinajstić information content (AvgIpc) is 2.40. The maximum atomic E-state index is 11.5. The molecular formula is C14H10N2O4S. The number of hydrogen-bond donors (Lipinski definition) is 3.